The predicted molar refractivity (Wildman–Crippen MR) is 108 cm³/mol. The van der Waals surface area contributed by atoms with E-state index < -0.39 is 5.97 Å². The molecule has 0 saturated heterocycles. The van der Waals surface area contributed by atoms with Crippen molar-refractivity contribution in [3.05, 3.63) is 63.9 Å². The molecule has 0 unspecified atom stereocenters. The standard InChI is InChI=1S/C21H20ClFN2O2/c1-12-10-21(2,3)25(4)19-9-18(23)13(7-15(12)19)11-24-14-5-6-17(22)16(8-14)20(26)27/h5-11H,1-4H3,(H,26,27). The molecule has 2 aromatic rings. The maximum absolute atomic E-state index is 14.7. The highest BCUT2D eigenvalue weighted by Gasteiger charge is 2.29. The van der Waals surface area contributed by atoms with E-state index in [9.17, 15) is 9.18 Å². The Hall–Kier alpha value is -2.66. The van der Waals surface area contributed by atoms with Gasteiger partial charge in [0.1, 0.15) is 5.82 Å². The zero-order valence-electron chi connectivity index (χ0n) is 15.5. The maximum Gasteiger partial charge on any atom is 0.337 e. The lowest BCUT2D eigenvalue weighted by atomic mass is 9.88. The molecule has 0 bridgehead atoms. The largest absolute Gasteiger partial charge is 0.478 e. The summed E-state index contributed by atoms with van der Waals surface area (Å²) in [7, 11) is 1.94. The Morgan fingerprint density at radius 3 is 2.67 bits per heavy atom. The smallest absolute Gasteiger partial charge is 0.337 e. The Morgan fingerprint density at radius 1 is 1.30 bits per heavy atom. The first-order chi connectivity index (χ1) is 12.6. The summed E-state index contributed by atoms with van der Waals surface area (Å²) in [6.45, 7) is 6.16. The SMILES string of the molecule is CC1=CC(C)(C)N(C)c2cc(F)c(C=Nc3ccc(Cl)c(C(=O)O)c3)cc21. The van der Waals surface area contributed by atoms with Crippen molar-refractivity contribution in [1.82, 2.24) is 0 Å². The van der Waals surface area contributed by atoms with Gasteiger partial charge in [-0.05, 0) is 56.7 Å². The summed E-state index contributed by atoms with van der Waals surface area (Å²) in [5.41, 5.74) is 3.33. The minimum absolute atomic E-state index is 0.0418. The summed E-state index contributed by atoms with van der Waals surface area (Å²) in [5, 5.41) is 9.27. The minimum Gasteiger partial charge on any atom is -0.478 e. The van der Waals surface area contributed by atoms with Crippen LogP contribution in [0.4, 0.5) is 15.8 Å². The third kappa shape index (κ3) is 3.60. The fraction of sp³-hybridized carbons (Fsp3) is 0.238. The Bertz CT molecular complexity index is 996. The van der Waals surface area contributed by atoms with Gasteiger partial charge in [0.2, 0.25) is 0 Å². The first kappa shape index (κ1) is 19.1. The van der Waals surface area contributed by atoms with Crippen LogP contribution >= 0.6 is 11.6 Å². The van der Waals surface area contributed by atoms with Crippen LogP contribution < -0.4 is 4.90 Å². The van der Waals surface area contributed by atoms with Crippen LogP contribution in [0.15, 0.2) is 41.4 Å². The van der Waals surface area contributed by atoms with Crippen LogP contribution in [0, 0.1) is 5.82 Å². The monoisotopic (exact) mass is 386 g/mol. The average Bonchev–Trinajstić information content (AvgIpc) is 2.59. The highest BCUT2D eigenvalue weighted by Crippen LogP contribution is 2.38. The second-order valence-electron chi connectivity index (χ2n) is 7.16. The molecule has 0 aromatic heterocycles. The summed E-state index contributed by atoms with van der Waals surface area (Å²) in [4.78, 5) is 17.4. The van der Waals surface area contributed by atoms with E-state index in [-0.39, 0.29) is 21.9 Å². The summed E-state index contributed by atoms with van der Waals surface area (Å²) in [6.07, 6.45) is 3.55. The van der Waals surface area contributed by atoms with E-state index in [1.165, 1.54) is 24.4 Å². The van der Waals surface area contributed by atoms with Crippen LogP contribution in [0.3, 0.4) is 0 Å². The highest BCUT2D eigenvalue weighted by atomic mass is 35.5. The Kier molecular flexibility index (Phi) is 4.82. The fourth-order valence-electron chi connectivity index (χ4n) is 3.19. The van der Waals surface area contributed by atoms with E-state index >= 15 is 0 Å². The molecule has 0 radical (unpaired) electrons. The van der Waals surface area contributed by atoms with Gasteiger partial charge in [-0.2, -0.15) is 0 Å². The molecular formula is C21H20ClFN2O2. The fourth-order valence-corrected chi connectivity index (χ4v) is 3.39. The van der Waals surface area contributed by atoms with Gasteiger partial charge in [0, 0.05) is 30.1 Å². The number of aromatic carboxylic acids is 1. The Balaban J connectivity index is 2.00. The Labute approximate surface area is 162 Å². The molecule has 1 aliphatic heterocycles. The number of aliphatic imine (C=N–C) groups is 1. The van der Waals surface area contributed by atoms with Gasteiger partial charge in [-0.25, -0.2) is 9.18 Å². The van der Waals surface area contributed by atoms with Gasteiger partial charge in [-0.3, -0.25) is 4.99 Å². The van der Waals surface area contributed by atoms with E-state index in [1.807, 2.05) is 18.9 Å². The summed E-state index contributed by atoms with van der Waals surface area (Å²) in [6, 6.07) is 7.69. The van der Waals surface area contributed by atoms with Crippen molar-refractivity contribution in [3.8, 4) is 0 Å². The molecule has 2 aromatic carbocycles. The average molecular weight is 387 g/mol. The molecule has 0 amide bonds. The molecule has 1 heterocycles. The number of carbonyl (C=O) groups is 1. The first-order valence-electron chi connectivity index (χ1n) is 8.44. The number of benzene rings is 2. The summed E-state index contributed by atoms with van der Waals surface area (Å²) >= 11 is 5.86. The molecular weight excluding hydrogens is 367 g/mol. The molecule has 0 spiro atoms. The molecule has 0 fully saturated rings. The number of allylic oxidation sites excluding steroid dienone is 1. The van der Waals surface area contributed by atoms with Gasteiger partial charge in [0.15, 0.2) is 0 Å². The van der Waals surface area contributed by atoms with Crippen LogP contribution in [-0.2, 0) is 0 Å². The van der Waals surface area contributed by atoms with Crippen molar-refractivity contribution < 1.29 is 14.3 Å². The minimum atomic E-state index is -1.14. The van der Waals surface area contributed by atoms with Gasteiger partial charge in [-0.1, -0.05) is 17.7 Å². The van der Waals surface area contributed by atoms with E-state index in [2.05, 4.69) is 24.9 Å². The number of carboxylic acids is 1. The lowest BCUT2D eigenvalue weighted by Crippen LogP contribution is -2.42. The topological polar surface area (TPSA) is 52.9 Å². The third-order valence-electron chi connectivity index (χ3n) is 4.87. The number of nitrogens with zero attached hydrogens (tertiary/aromatic N) is 2. The number of carboxylic acid groups (broad SMARTS) is 1. The summed E-state index contributed by atoms with van der Waals surface area (Å²) in [5.74, 6) is -1.52. The molecule has 27 heavy (non-hydrogen) atoms. The highest BCUT2D eigenvalue weighted by molar-refractivity contribution is 6.33. The van der Waals surface area contributed by atoms with E-state index in [0.717, 1.165) is 16.8 Å². The molecule has 1 aliphatic rings. The molecule has 6 heteroatoms. The number of hydrogen-bond donors (Lipinski definition) is 1. The lowest BCUT2D eigenvalue weighted by molar-refractivity contribution is 0.0697. The number of likely N-dealkylation sites (N-methyl/N-ethyl adjacent to an activating group) is 1. The van der Waals surface area contributed by atoms with Gasteiger partial charge >= 0.3 is 5.97 Å². The van der Waals surface area contributed by atoms with Crippen molar-refractivity contribution in [2.75, 3.05) is 11.9 Å². The Morgan fingerprint density at radius 2 is 2.00 bits per heavy atom. The molecule has 3 rings (SSSR count). The van der Waals surface area contributed by atoms with Crippen LogP contribution in [0.25, 0.3) is 5.57 Å². The van der Waals surface area contributed by atoms with Crippen molar-refractivity contribution >= 4 is 40.7 Å². The maximum atomic E-state index is 14.7. The number of fused-ring (bicyclic) bond motifs is 1. The second kappa shape index (κ2) is 6.82. The zero-order valence-corrected chi connectivity index (χ0v) is 16.3. The second-order valence-corrected chi connectivity index (χ2v) is 7.57. The van der Waals surface area contributed by atoms with Crippen LogP contribution in [0.1, 0.15) is 42.3 Å². The van der Waals surface area contributed by atoms with Gasteiger partial charge in [0.25, 0.3) is 0 Å². The van der Waals surface area contributed by atoms with Crippen LogP contribution in [0.5, 0.6) is 0 Å². The molecule has 0 saturated carbocycles. The molecule has 1 N–H and O–H groups in total. The summed E-state index contributed by atoms with van der Waals surface area (Å²) < 4.78 is 14.7. The zero-order chi connectivity index (χ0) is 19.9. The normalized spacial score (nSPS) is 15.6. The van der Waals surface area contributed by atoms with Crippen LogP contribution in [-0.4, -0.2) is 29.9 Å². The number of anilines is 1. The van der Waals surface area contributed by atoms with E-state index in [0.29, 0.717) is 11.3 Å². The van der Waals surface area contributed by atoms with Gasteiger partial charge in [-0.15, -0.1) is 0 Å². The number of hydrogen-bond acceptors (Lipinski definition) is 3. The lowest BCUT2D eigenvalue weighted by Gasteiger charge is -2.40. The van der Waals surface area contributed by atoms with Crippen molar-refractivity contribution in [1.29, 1.82) is 0 Å². The number of rotatable bonds is 3. The van der Waals surface area contributed by atoms with Crippen molar-refractivity contribution in [3.63, 3.8) is 0 Å². The van der Waals surface area contributed by atoms with Crippen LogP contribution in [0.2, 0.25) is 5.02 Å². The van der Waals surface area contributed by atoms with E-state index in [1.54, 1.807) is 12.1 Å². The quantitative estimate of drug-likeness (QED) is 0.702. The predicted octanol–water partition coefficient (Wildman–Crippen LogP) is 5.56. The van der Waals surface area contributed by atoms with Crippen molar-refractivity contribution in [2.24, 2.45) is 4.99 Å². The van der Waals surface area contributed by atoms with E-state index in [4.69, 9.17) is 16.7 Å². The third-order valence-corrected chi connectivity index (χ3v) is 5.20. The van der Waals surface area contributed by atoms with Gasteiger partial charge in [0.05, 0.1) is 21.8 Å². The van der Waals surface area contributed by atoms with Crippen molar-refractivity contribution in [2.45, 2.75) is 26.3 Å². The molecule has 0 atom stereocenters. The number of halogens is 2. The first-order valence-corrected chi connectivity index (χ1v) is 8.82. The molecule has 140 valence electrons. The molecule has 0 aliphatic carbocycles. The van der Waals surface area contributed by atoms with Gasteiger partial charge < -0.3 is 10.0 Å². The molecule has 4 nitrogen and oxygen atoms in total.